The Morgan fingerprint density at radius 1 is 1.42 bits per heavy atom. The molecular formula is C13H11ClFN3O. The van der Waals surface area contributed by atoms with Gasteiger partial charge in [-0.3, -0.25) is 4.79 Å². The topological polar surface area (TPSA) is 68.0 Å². The van der Waals surface area contributed by atoms with Crippen molar-refractivity contribution in [1.29, 1.82) is 0 Å². The number of halogens is 2. The minimum absolute atomic E-state index is 0.0549. The molecule has 0 saturated heterocycles. The Kier molecular flexibility index (Phi) is 3.66. The molecule has 4 nitrogen and oxygen atoms in total. The van der Waals surface area contributed by atoms with E-state index < -0.39 is 11.7 Å². The molecule has 0 aliphatic carbocycles. The summed E-state index contributed by atoms with van der Waals surface area (Å²) in [4.78, 5) is 15.9. The van der Waals surface area contributed by atoms with E-state index in [9.17, 15) is 9.18 Å². The van der Waals surface area contributed by atoms with Crippen LogP contribution in [0.4, 0.5) is 15.8 Å². The second-order valence-corrected chi connectivity index (χ2v) is 4.31. The van der Waals surface area contributed by atoms with Gasteiger partial charge in [-0.1, -0.05) is 17.7 Å². The summed E-state index contributed by atoms with van der Waals surface area (Å²) in [6.45, 7) is 1.78. The number of anilines is 2. The number of pyridine rings is 1. The quantitative estimate of drug-likeness (QED) is 0.656. The predicted molar refractivity (Wildman–Crippen MR) is 72.7 cm³/mol. The van der Waals surface area contributed by atoms with Crippen LogP contribution in [0.1, 0.15) is 15.9 Å². The number of hydrogen-bond donors (Lipinski definition) is 2. The summed E-state index contributed by atoms with van der Waals surface area (Å²) in [5.74, 6) is -1.17. The van der Waals surface area contributed by atoms with E-state index in [-0.39, 0.29) is 16.4 Å². The molecule has 0 aliphatic heterocycles. The molecule has 19 heavy (non-hydrogen) atoms. The van der Waals surface area contributed by atoms with Crippen molar-refractivity contribution < 1.29 is 9.18 Å². The maximum absolute atomic E-state index is 13.3. The van der Waals surface area contributed by atoms with E-state index in [1.807, 2.05) is 0 Å². The van der Waals surface area contributed by atoms with Gasteiger partial charge in [-0.25, -0.2) is 9.37 Å². The lowest BCUT2D eigenvalue weighted by Crippen LogP contribution is -2.16. The van der Waals surface area contributed by atoms with E-state index >= 15 is 0 Å². The predicted octanol–water partition coefficient (Wildman–Crippen LogP) is 3.02. The van der Waals surface area contributed by atoms with Gasteiger partial charge in [0.25, 0.3) is 5.91 Å². The third-order valence-electron chi connectivity index (χ3n) is 2.65. The monoisotopic (exact) mass is 279 g/mol. The highest BCUT2D eigenvalue weighted by Crippen LogP contribution is 2.24. The summed E-state index contributed by atoms with van der Waals surface area (Å²) in [6.07, 6.45) is 1.53. The Morgan fingerprint density at radius 3 is 2.84 bits per heavy atom. The van der Waals surface area contributed by atoms with E-state index in [4.69, 9.17) is 17.3 Å². The Morgan fingerprint density at radius 2 is 2.16 bits per heavy atom. The molecule has 1 aromatic carbocycles. The molecular weight excluding hydrogens is 269 g/mol. The second kappa shape index (κ2) is 5.24. The minimum Gasteiger partial charge on any atom is -0.396 e. The van der Waals surface area contributed by atoms with Gasteiger partial charge in [-0.15, -0.1) is 0 Å². The lowest BCUT2D eigenvalue weighted by molar-refractivity contribution is 0.102. The van der Waals surface area contributed by atoms with Crippen LogP contribution < -0.4 is 11.1 Å². The van der Waals surface area contributed by atoms with Gasteiger partial charge < -0.3 is 11.1 Å². The van der Waals surface area contributed by atoms with Gasteiger partial charge in [0.05, 0.1) is 16.9 Å². The highest BCUT2D eigenvalue weighted by molar-refractivity contribution is 6.33. The average Bonchev–Trinajstić information content (AvgIpc) is 2.37. The number of nitrogens with one attached hydrogen (secondary N) is 1. The van der Waals surface area contributed by atoms with Crippen LogP contribution in [0.25, 0.3) is 0 Å². The zero-order chi connectivity index (χ0) is 14.0. The van der Waals surface area contributed by atoms with Crippen molar-refractivity contribution in [1.82, 2.24) is 4.98 Å². The van der Waals surface area contributed by atoms with Crippen molar-refractivity contribution in [2.75, 3.05) is 11.1 Å². The van der Waals surface area contributed by atoms with Gasteiger partial charge >= 0.3 is 0 Å². The fourth-order valence-electron chi connectivity index (χ4n) is 1.59. The molecule has 0 fully saturated rings. The van der Waals surface area contributed by atoms with Crippen molar-refractivity contribution in [3.05, 3.63) is 52.6 Å². The van der Waals surface area contributed by atoms with Gasteiger partial charge in [-0.05, 0) is 30.7 Å². The van der Waals surface area contributed by atoms with Gasteiger partial charge in [0.15, 0.2) is 5.15 Å². The molecule has 2 aromatic rings. The van der Waals surface area contributed by atoms with Crippen molar-refractivity contribution >= 4 is 28.9 Å². The first-order valence-corrected chi connectivity index (χ1v) is 5.85. The van der Waals surface area contributed by atoms with Crippen LogP contribution in [-0.2, 0) is 0 Å². The molecule has 1 aromatic heterocycles. The molecule has 98 valence electrons. The number of hydrogen-bond acceptors (Lipinski definition) is 3. The fourth-order valence-corrected chi connectivity index (χ4v) is 1.84. The summed E-state index contributed by atoms with van der Waals surface area (Å²) in [5, 5.41) is 2.75. The van der Waals surface area contributed by atoms with Gasteiger partial charge in [0.2, 0.25) is 0 Å². The number of carbonyl (C=O) groups excluding carboxylic acids is 1. The van der Waals surface area contributed by atoms with E-state index in [0.717, 1.165) is 5.56 Å². The van der Waals surface area contributed by atoms with Gasteiger partial charge in [0, 0.05) is 6.20 Å². The summed E-state index contributed by atoms with van der Waals surface area (Å²) in [5.41, 5.74) is 6.53. The molecule has 0 saturated carbocycles. The largest absolute Gasteiger partial charge is 0.396 e. The number of nitrogens with zero attached hydrogens (tertiary/aromatic N) is 1. The zero-order valence-electron chi connectivity index (χ0n) is 10.1. The third-order valence-corrected chi connectivity index (χ3v) is 2.94. The van der Waals surface area contributed by atoms with Crippen molar-refractivity contribution in [3.8, 4) is 0 Å². The Bertz CT molecular complexity index is 626. The smallest absolute Gasteiger partial charge is 0.257 e. The van der Waals surface area contributed by atoms with Crippen LogP contribution >= 0.6 is 11.6 Å². The van der Waals surface area contributed by atoms with Gasteiger partial charge in [-0.2, -0.15) is 0 Å². The van der Waals surface area contributed by atoms with E-state index in [1.165, 1.54) is 24.4 Å². The number of aryl methyl sites for hydroxylation is 1. The lowest BCUT2D eigenvalue weighted by Gasteiger charge is -2.11. The fraction of sp³-hybridized carbons (Fsp3) is 0.0769. The SMILES string of the molecule is Cc1ccnc(Cl)c1NC(=O)c1cccc(F)c1N. The van der Waals surface area contributed by atoms with Crippen LogP contribution in [0.5, 0.6) is 0 Å². The highest BCUT2D eigenvalue weighted by Gasteiger charge is 2.15. The average molecular weight is 280 g/mol. The van der Waals surface area contributed by atoms with E-state index in [0.29, 0.717) is 5.69 Å². The van der Waals surface area contributed by atoms with Crippen LogP contribution in [0.15, 0.2) is 30.5 Å². The molecule has 3 N–H and O–H groups in total. The van der Waals surface area contributed by atoms with Crippen LogP contribution in [-0.4, -0.2) is 10.9 Å². The molecule has 0 radical (unpaired) electrons. The van der Waals surface area contributed by atoms with E-state index in [2.05, 4.69) is 10.3 Å². The molecule has 0 atom stereocenters. The molecule has 6 heteroatoms. The number of rotatable bonds is 2. The number of nitrogens with two attached hydrogens (primary N) is 1. The highest BCUT2D eigenvalue weighted by atomic mass is 35.5. The maximum atomic E-state index is 13.3. The van der Waals surface area contributed by atoms with Crippen LogP contribution in [0.3, 0.4) is 0 Å². The number of amides is 1. The summed E-state index contributed by atoms with van der Waals surface area (Å²) in [6, 6.07) is 5.75. The zero-order valence-corrected chi connectivity index (χ0v) is 10.8. The summed E-state index contributed by atoms with van der Waals surface area (Å²) >= 11 is 5.90. The number of nitrogen functional groups attached to an aromatic ring is 1. The van der Waals surface area contributed by atoms with Crippen molar-refractivity contribution in [2.24, 2.45) is 0 Å². The molecule has 0 unspecified atom stereocenters. The first-order chi connectivity index (χ1) is 9.00. The molecule has 2 rings (SSSR count). The number of para-hydroxylation sites is 1. The molecule has 0 spiro atoms. The second-order valence-electron chi connectivity index (χ2n) is 3.95. The Balaban J connectivity index is 2.34. The lowest BCUT2D eigenvalue weighted by atomic mass is 10.1. The first-order valence-electron chi connectivity index (χ1n) is 5.47. The Labute approximate surface area is 114 Å². The van der Waals surface area contributed by atoms with Crippen molar-refractivity contribution in [2.45, 2.75) is 6.92 Å². The van der Waals surface area contributed by atoms with Gasteiger partial charge in [0.1, 0.15) is 5.82 Å². The normalized spacial score (nSPS) is 10.3. The third kappa shape index (κ3) is 2.66. The standard InChI is InChI=1S/C13H11ClFN3O/c1-7-5-6-17-12(14)11(7)18-13(19)8-3-2-4-9(15)10(8)16/h2-6H,16H2,1H3,(H,18,19). The summed E-state index contributed by atoms with van der Waals surface area (Å²) in [7, 11) is 0. The summed E-state index contributed by atoms with van der Waals surface area (Å²) < 4.78 is 13.3. The van der Waals surface area contributed by atoms with Crippen LogP contribution in [0, 0.1) is 12.7 Å². The maximum Gasteiger partial charge on any atom is 0.257 e. The molecule has 1 heterocycles. The van der Waals surface area contributed by atoms with Crippen molar-refractivity contribution in [3.63, 3.8) is 0 Å². The number of benzene rings is 1. The first kappa shape index (κ1) is 13.3. The molecule has 1 amide bonds. The minimum atomic E-state index is -0.637. The number of aromatic nitrogens is 1. The molecule has 0 aliphatic rings. The van der Waals surface area contributed by atoms with Crippen LogP contribution in [0.2, 0.25) is 5.15 Å². The Hall–Kier alpha value is -2.14. The molecule has 0 bridgehead atoms. The number of carbonyl (C=O) groups is 1. The van der Waals surface area contributed by atoms with E-state index in [1.54, 1.807) is 13.0 Å².